The van der Waals surface area contributed by atoms with E-state index in [1.54, 1.807) is 15.5 Å². The van der Waals surface area contributed by atoms with Crippen LogP contribution in [0.25, 0.3) is 33.2 Å². The van der Waals surface area contributed by atoms with Gasteiger partial charge in [0.25, 0.3) is 5.65 Å². The highest BCUT2D eigenvalue weighted by atomic mass is 16.1. The zero-order valence-corrected chi connectivity index (χ0v) is 20.1. The second-order valence-electron chi connectivity index (χ2n) is 8.98. The smallest absolute Gasteiger partial charge is 0.250 e. The fraction of sp³-hybridized carbons (Fsp3) is 0.138. The Labute approximate surface area is 207 Å². The molecule has 0 saturated heterocycles. The minimum atomic E-state index is -0.101. The zero-order valence-electron chi connectivity index (χ0n) is 20.1. The van der Waals surface area contributed by atoms with Gasteiger partial charge in [0.2, 0.25) is 11.5 Å². The molecule has 0 atom stereocenters. The molecule has 3 aromatic carbocycles. The topological polar surface area (TPSA) is 79.2 Å². The Balaban J connectivity index is 1.58. The number of nitrogens with one attached hydrogen (secondary N) is 1. The molecule has 6 aromatic rings. The van der Waals surface area contributed by atoms with Gasteiger partial charge in [-0.05, 0) is 30.2 Å². The van der Waals surface area contributed by atoms with Gasteiger partial charge in [-0.1, -0.05) is 72.3 Å². The van der Waals surface area contributed by atoms with Crippen LogP contribution in [0.15, 0.2) is 88.8 Å². The van der Waals surface area contributed by atoms with Crippen molar-refractivity contribution in [2.45, 2.75) is 26.8 Å². The first-order valence-corrected chi connectivity index (χ1v) is 12.0. The molecule has 7 nitrogen and oxygen atoms in total. The number of aromatic nitrogens is 5. The maximum atomic E-state index is 13.9. The van der Waals surface area contributed by atoms with Gasteiger partial charge in [-0.15, -0.1) is 9.78 Å². The highest BCUT2D eigenvalue weighted by molar-refractivity contribution is 6.03. The Morgan fingerprint density at radius 2 is 1.67 bits per heavy atom. The Hall–Kier alpha value is -4.65. The summed E-state index contributed by atoms with van der Waals surface area (Å²) in [6, 6.07) is 26.0. The molecule has 0 aliphatic rings. The summed E-state index contributed by atoms with van der Waals surface area (Å²) < 4.78 is 3.47. The number of rotatable bonds is 5. The molecule has 0 amide bonds. The highest BCUT2D eigenvalue weighted by Crippen LogP contribution is 2.24. The van der Waals surface area contributed by atoms with E-state index in [1.807, 2.05) is 74.5 Å². The maximum Gasteiger partial charge on any atom is 0.323 e. The molecule has 176 valence electrons. The van der Waals surface area contributed by atoms with Crippen molar-refractivity contribution < 1.29 is 4.98 Å². The average Bonchev–Trinajstić information content (AvgIpc) is 3.18. The number of hydrogen-bond acceptors (Lipinski definition) is 4. The fourth-order valence-corrected chi connectivity index (χ4v) is 4.62. The van der Waals surface area contributed by atoms with Crippen molar-refractivity contribution in [2.24, 2.45) is 5.10 Å². The van der Waals surface area contributed by atoms with Crippen LogP contribution in [0.5, 0.6) is 0 Å². The third kappa shape index (κ3) is 3.84. The summed E-state index contributed by atoms with van der Waals surface area (Å²) in [7, 11) is 0. The van der Waals surface area contributed by atoms with Gasteiger partial charge >= 0.3 is 5.56 Å². The first kappa shape index (κ1) is 21.9. The van der Waals surface area contributed by atoms with Crippen molar-refractivity contribution in [1.29, 1.82) is 0 Å². The van der Waals surface area contributed by atoms with E-state index in [0.717, 1.165) is 34.4 Å². The van der Waals surface area contributed by atoms with Crippen molar-refractivity contribution in [3.05, 3.63) is 112 Å². The van der Waals surface area contributed by atoms with Gasteiger partial charge in [0, 0.05) is 13.3 Å². The Bertz CT molecular complexity index is 1830. The standard InChI is InChI=1S/C29H24N6O/c1-19-9-8-12-22(17-19)18-30-35-27-25(26-28(35)33-24-14-7-6-13-23(24)32-26)29(36)34(20(2)31-27)16-15-21-10-4-3-5-11-21/h3-14,17-18H,15-16H2,1-2H3/p+1. The number of hydrogen-bond donors (Lipinski definition) is 0. The Kier molecular flexibility index (Phi) is 5.37. The fourth-order valence-electron chi connectivity index (χ4n) is 4.62. The number of H-pyrrole nitrogens is 1. The summed E-state index contributed by atoms with van der Waals surface area (Å²) in [6.45, 7) is 4.52. The molecule has 1 N–H and O–H groups in total. The Morgan fingerprint density at radius 3 is 2.44 bits per heavy atom. The van der Waals surface area contributed by atoms with Gasteiger partial charge in [-0.25, -0.2) is 24.3 Å². The van der Waals surface area contributed by atoms with E-state index in [9.17, 15) is 4.79 Å². The van der Waals surface area contributed by atoms with Gasteiger partial charge in [-0.2, -0.15) is 0 Å². The van der Waals surface area contributed by atoms with Gasteiger partial charge in [-0.3, -0.25) is 0 Å². The SMILES string of the molecule is Cc1cccc(C=Nn2c3nc4ccccc4nc3c3c(=O)n(CCc4ccccc4)c(C)[nH+]c32)c1. The number of nitrogens with zero attached hydrogens (tertiary/aromatic N) is 5. The van der Waals surface area contributed by atoms with Crippen LogP contribution in [0.3, 0.4) is 0 Å². The molecule has 3 heterocycles. The lowest BCUT2D eigenvalue weighted by Crippen LogP contribution is -2.31. The quantitative estimate of drug-likeness (QED) is 0.347. The average molecular weight is 474 g/mol. The molecule has 0 bridgehead atoms. The van der Waals surface area contributed by atoms with Crippen LogP contribution >= 0.6 is 0 Å². The maximum absolute atomic E-state index is 13.9. The molecular weight excluding hydrogens is 448 g/mol. The van der Waals surface area contributed by atoms with E-state index in [4.69, 9.17) is 15.1 Å². The summed E-state index contributed by atoms with van der Waals surface area (Å²) in [5, 5.41) is 5.25. The number of benzene rings is 3. The minimum absolute atomic E-state index is 0.101. The molecule has 0 fully saturated rings. The van der Waals surface area contributed by atoms with Crippen LogP contribution in [-0.2, 0) is 13.0 Å². The van der Waals surface area contributed by atoms with Gasteiger partial charge in [0.1, 0.15) is 5.52 Å². The summed E-state index contributed by atoms with van der Waals surface area (Å²) >= 11 is 0. The molecular formula is C29H25N6O+. The molecule has 3 aromatic heterocycles. The summed E-state index contributed by atoms with van der Waals surface area (Å²) in [5.41, 5.74) is 6.35. The van der Waals surface area contributed by atoms with E-state index in [-0.39, 0.29) is 5.56 Å². The third-order valence-corrected chi connectivity index (χ3v) is 6.43. The third-order valence-electron chi connectivity index (χ3n) is 6.43. The van der Waals surface area contributed by atoms with Crippen molar-refractivity contribution in [3.8, 4) is 0 Å². The normalized spacial score (nSPS) is 11.8. The molecule has 0 unspecified atom stereocenters. The summed E-state index contributed by atoms with van der Waals surface area (Å²) in [5.74, 6) is 0.753. The lowest BCUT2D eigenvalue weighted by atomic mass is 10.1. The van der Waals surface area contributed by atoms with E-state index < -0.39 is 0 Å². The second kappa shape index (κ2) is 8.85. The van der Waals surface area contributed by atoms with Crippen LogP contribution in [0.1, 0.15) is 22.5 Å². The number of para-hydroxylation sites is 2. The molecule has 36 heavy (non-hydrogen) atoms. The molecule has 6 rings (SSSR count). The summed E-state index contributed by atoms with van der Waals surface area (Å²) in [6.07, 6.45) is 2.53. The largest absolute Gasteiger partial charge is 0.323 e. The van der Waals surface area contributed by atoms with Gasteiger partial charge in [0.05, 0.1) is 23.8 Å². The molecule has 0 aliphatic carbocycles. The highest BCUT2D eigenvalue weighted by Gasteiger charge is 2.26. The van der Waals surface area contributed by atoms with Crippen molar-refractivity contribution >= 4 is 39.4 Å². The van der Waals surface area contributed by atoms with Crippen molar-refractivity contribution in [3.63, 3.8) is 0 Å². The predicted octanol–water partition coefficient (Wildman–Crippen LogP) is 4.46. The number of fused-ring (bicyclic) bond motifs is 4. The van der Waals surface area contributed by atoms with Gasteiger partial charge < -0.3 is 0 Å². The lowest BCUT2D eigenvalue weighted by molar-refractivity contribution is -0.368. The molecule has 0 aliphatic heterocycles. The molecule has 0 spiro atoms. The van der Waals surface area contributed by atoms with Crippen LogP contribution < -0.4 is 10.5 Å². The lowest BCUT2D eigenvalue weighted by Gasteiger charge is -2.05. The first-order valence-electron chi connectivity index (χ1n) is 12.0. The predicted molar refractivity (Wildman–Crippen MR) is 142 cm³/mol. The van der Waals surface area contributed by atoms with Gasteiger partial charge in [0.15, 0.2) is 5.39 Å². The minimum Gasteiger partial charge on any atom is -0.250 e. The van der Waals surface area contributed by atoms with Crippen LogP contribution in [0, 0.1) is 13.8 Å². The zero-order chi connectivity index (χ0) is 24.6. The first-order chi connectivity index (χ1) is 17.6. The van der Waals surface area contributed by atoms with E-state index in [1.165, 1.54) is 5.56 Å². The van der Waals surface area contributed by atoms with E-state index in [0.29, 0.717) is 28.7 Å². The van der Waals surface area contributed by atoms with Crippen molar-refractivity contribution in [2.75, 3.05) is 0 Å². The van der Waals surface area contributed by atoms with Crippen molar-refractivity contribution in [1.82, 2.24) is 19.2 Å². The Morgan fingerprint density at radius 1 is 0.917 bits per heavy atom. The van der Waals surface area contributed by atoms with E-state index in [2.05, 4.69) is 23.2 Å². The monoisotopic (exact) mass is 473 g/mol. The summed E-state index contributed by atoms with van der Waals surface area (Å²) in [4.78, 5) is 27.0. The molecule has 0 radical (unpaired) electrons. The van der Waals surface area contributed by atoms with Crippen LogP contribution in [0.2, 0.25) is 0 Å². The molecule has 7 heteroatoms. The number of aryl methyl sites for hydroxylation is 3. The van der Waals surface area contributed by atoms with Crippen LogP contribution in [-0.4, -0.2) is 25.4 Å². The molecule has 0 saturated carbocycles. The second-order valence-corrected chi connectivity index (χ2v) is 8.98. The van der Waals surface area contributed by atoms with Crippen LogP contribution in [0.4, 0.5) is 0 Å². The van der Waals surface area contributed by atoms with E-state index >= 15 is 0 Å². The number of aromatic amines is 1.